The molecule has 1 aromatic heterocycles. The van der Waals surface area contributed by atoms with Crippen LogP contribution < -0.4 is 21.1 Å². The summed E-state index contributed by atoms with van der Waals surface area (Å²) in [4.78, 5) is 44.4. The van der Waals surface area contributed by atoms with Gasteiger partial charge in [-0.1, -0.05) is 31.3 Å². The van der Waals surface area contributed by atoms with Crippen molar-refractivity contribution in [3.8, 4) is 0 Å². The van der Waals surface area contributed by atoms with Crippen LogP contribution in [0.5, 0.6) is 0 Å². The van der Waals surface area contributed by atoms with Gasteiger partial charge in [-0.3, -0.25) is 25.2 Å². The third-order valence-electron chi connectivity index (χ3n) is 5.00. The molecule has 1 aromatic carbocycles. The summed E-state index contributed by atoms with van der Waals surface area (Å²) < 4.78 is 33.1. The molecule has 0 unspecified atom stereocenters. The van der Waals surface area contributed by atoms with Crippen LogP contribution >= 0.6 is 11.3 Å². The highest BCUT2D eigenvalue weighted by molar-refractivity contribution is 7.17. The third kappa shape index (κ3) is 5.82. The first kappa shape index (κ1) is 24.5. The molecular formula is C21H25F2N5O4S. The molecule has 3 N–H and O–H groups in total. The smallest absolute Gasteiger partial charge is 0.281 e. The number of aryl methyl sites for hydroxylation is 1. The van der Waals surface area contributed by atoms with Crippen molar-refractivity contribution in [2.24, 2.45) is 5.92 Å². The van der Waals surface area contributed by atoms with Gasteiger partial charge in [0.2, 0.25) is 0 Å². The fourth-order valence-electron chi connectivity index (χ4n) is 3.20. The van der Waals surface area contributed by atoms with Gasteiger partial charge in [0.15, 0.2) is 5.13 Å². The number of halogens is 2. The highest BCUT2D eigenvalue weighted by atomic mass is 32.1. The molecule has 178 valence electrons. The van der Waals surface area contributed by atoms with Gasteiger partial charge >= 0.3 is 0 Å². The zero-order valence-electron chi connectivity index (χ0n) is 18.4. The summed E-state index contributed by atoms with van der Waals surface area (Å²) in [6, 6.07) is 1.88. The number of hydrazine groups is 1. The summed E-state index contributed by atoms with van der Waals surface area (Å²) in [5, 5.41) is 3.01. The van der Waals surface area contributed by atoms with E-state index in [9.17, 15) is 23.2 Å². The average Bonchev–Trinajstić information content (AvgIpc) is 3.17. The van der Waals surface area contributed by atoms with Gasteiger partial charge in [-0.25, -0.2) is 13.8 Å². The van der Waals surface area contributed by atoms with Crippen molar-refractivity contribution in [3.05, 3.63) is 46.0 Å². The fraction of sp³-hybridized carbons (Fsp3) is 0.429. The number of hydrogen-bond donors (Lipinski definition) is 3. The number of carbonyl (C=O) groups excluding carboxylic acids is 3. The first-order valence-electron chi connectivity index (χ1n) is 10.3. The lowest BCUT2D eigenvalue weighted by Crippen LogP contribution is -2.54. The zero-order valence-corrected chi connectivity index (χ0v) is 19.2. The fourth-order valence-corrected chi connectivity index (χ4v) is 4.21. The van der Waals surface area contributed by atoms with E-state index in [2.05, 4.69) is 21.2 Å². The molecule has 3 rings (SSSR count). The van der Waals surface area contributed by atoms with E-state index in [1.807, 2.05) is 4.90 Å². The Bertz CT molecular complexity index is 1020. The lowest BCUT2D eigenvalue weighted by molar-refractivity contribution is -0.124. The number of morpholine rings is 1. The molecule has 1 aliphatic rings. The number of thiazole rings is 1. The second kappa shape index (κ2) is 10.7. The number of amides is 3. The maximum atomic E-state index is 13.9. The van der Waals surface area contributed by atoms with E-state index in [1.165, 1.54) is 11.3 Å². The summed E-state index contributed by atoms with van der Waals surface area (Å²) in [6.07, 6.45) is 0. The van der Waals surface area contributed by atoms with E-state index >= 15 is 0 Å². The first-order chi connectivity index (χ1) is 15.7. The molecule has 1 fully saturated rings. The molecule has 0 bridgehead atoms. The lowest BCUT2D eigenvalue weighted by Gasteiger charge is -2.26. The van der Waals surface area contributed by atoms with Gasteiger partial charge in [0, 0.05) is 13.1 Å². The molecule has 3 amide bonds. The van der Waals surface area contributed by atoms with Gasteiger partial charge in [-0.15, -0.1) is 0 Å². The Hall–Kier alpha value is -3.12. The number of nitrogens with one attached hydrogen (secondary N) is 3. The van der Waals surface area contributed by atoms with Crippen molar-refractivity contribution >= 4 is 34.2 Å². The zero-order chi connectivity index (χ0) is 24.1. The van der Waals surface area contributed by atoms with Gasteiger partial charge in [0.25, 0.3) is 17.7 Å². The van der Waals surface area contributed by atoms with E-state index in [-0.39, 0.29) is 0 Å². The molecule has 0 radical (unpaired) electrons. The number of benzene rings is 1. The standard InChI is InChI=1S/C21H25F2N5O4S/c1-11(2)16(25-18(29)15-13(22)5-4-6-14(15)23)19(30)26-27-20(31)17-12(3)24-21(33-17)28-7-9-32-10-8-28/h4-6,11,16H,7-10H2,1-3H3,(H,25,29)(H,26,30)(H,27,31)/t16-/m0/s1. The Morgan fingerprint density at radius 3 is 2.33 bits per heavy atom. The molecular weight excluding hydrogens is 456 g/mol. The van der Waals surface area contributed by atoms with Crippen LogP contribution in [0.3, 0.4) is 0 Å². The van der Waals surface area contributed by atoms with Crippen LogP contribution in [0.15, 0.2) is 18.2 Å². The second-order valence-corrected chi connectivity index (χ2v) is 8.72. The number of anilines is 1. The molecule has 0 saturated carbocycles. The molecule has 1 saturated heterocycles. The minimum atomic E-state index is -1.15. The SMILES string of the molecule is Cc1nc(N2CCOCC2)sc1C(=O)NNC(=O)[C@@H](NC(=O)c1c(F)cccc1F)C(C)C. The van der Waals surface area contributed by atoms with Crippen LogP contribution in [0.25, 0.3) is 0 Å². The number of rotatable bonds is 6. The number of hydrogen-bond acceptors (Lipinski definition) is 7. The van der Waals surface area contributed by atoms with E-state index in [0.717, 1.165) is 18.2 Å². The maximum Gasteiger partial charge on any atom is 0.281 e. The molecule has 33 heavy (non-hydrogen) atoms. The predicted octanol–water partition coefficient (Wildman–Crippen LogP) is 1.78. The van der Waals surface area contributed by atoms with Gasteiger partial charge in [-0.2, -0.15) is 0 Å². The van der Waals surface area contributed by atoms with Gasteiger partial charge in [-0.05, 0) is 25.0 Å². The first-order valence-corrected chi connectivity index (χ1v) is 11.2. The van der Waals surface area contributed by atoms with E-state index in [1.54, 1.807) is 20.8 Å². The summed E-state index contributed by atoms with van der Waals surface area (Å²) in [6.45, 7) is 7.48. The third-order valence-corrected chi connectivity index (χ3v) is 6.21. The van der Waals surface area contributed by atoms with Crippen molar-refractivity contribution in [3.63, 3.8) is 0 Å². The summed E-state index contributed by atoms with van der Waals surface area (Å²) >= 11 is 1.19. The van der Waals surface area contributed by atoms with Crippen LogP contribution in [-0.2, 0) is 9.53 Å². The Kier molecular flexibility index (Phi) is 7.92. The summed E-state index contributed by atoms with van der Waals surface area (Å²) in [5.41, 5.74) is 4.31. The van der Waals surface area contributed by atoms with E-state index in [0.29, 0.717) is 42.0 Å². The maximum absolute atomic E-state index is 13.9. The Labute approximate surface area is 193 Å². The quantitative estimate of drug-likeness (QED) is 0.543. The number of nitrogens with zero attached hydrogens (tertiary/aromatic N) is 2. The molecule has 1 aliphatic heterocycles. The van der Waals surface area contributed by atoms with Crippen LogP contribution in [0.4, 0.5) is 13.9 Å². The molecule has 2 heterocycles. The monoisotopic (exact) mass is 481 g/mol. The molecule has 12 heteroatoms. The average molecular weight is 482 g/mol. The van der Waals surface area contributed by atoms with Crippen molar-refractivity contribution in [1.82, 2.24) is 21.2 Å². The second-order valence-electron chi connectivity index (χ2n) is 7.75. The molecule has 2 aromatic rings. The Morgan fingerprint density at radius 2 is 1.73 bits per heavy atom. The van der Waals surface area contributed by atoms with E-state index in [4.69, 9.17) is 4.74 Å². The van der Waals surface area contributed by atoms with Gasteiger partial charge < -0.3 is 15.0 Å². The minimum Gasteiger partial charge on any atom is -0.378 e. The highest BCUT2D eigenvalue weighted by Gasteiger charge is 2.28. The van der Waals surface area contributed by atoms with Gasteiger partial charge in [0.05, 0.1) is 18.9 Å². The summed E-state index contributed by atoms with van der Waals surface area (Å²) in [5.74, 6) is -4.88. The largest absolute Gasteiger partial charge is 0.378 e. The van der Waals surface area contributed by atoms with Crippen LogP contribution in [0, 0.1) is 24.5 Å². The van der Waals surface area contributed by atoms with Gasteiger partial charge in [0.1, 0.15) is 28.1 Å². The van der Waals surface area contributed by atoms with Crippen molar-refractivity contribution < 1.29 is 27.9 Å². The Morgan fingerprint density at radius 1 is 1.09 bits per heavy atom. The summed E-state index contributed by atoms with van der Waals surface area (Å²) in [7, 11) is 0. The number of ether oxygens (including phenoxy) is 1. The normalized spacial score (nSPS) is 14.7. The van der Waals surface area contributed by atoms with Crippen LogP contribution in [0.1, 0.15) is 39.6 Å². The molecule has 0 aliphatic carbocycles. The lowest BCUT2D eigenvalue weighted by atomic mass is 10.0. The van der Waals surface area contributed by atoms with Crippen LogP contribution in [-0.4, -0.2) is 55.1 Å². The molecule has 9 nitrogen and oxygen atoms in total. The van der Waals surface area contributed by atoms with Crippen molar-refractivity contribution in [2.45, 2.75) is 26.8 Å². The minimum absolute atomic E-state index is 0.329. The van der Waals surface area contributed by atoms with Crippen molar-refractivity contribution in [2.75, 3.05) is 31.2 Å². The molecule has 0 spiro atoms. The van der Waals surface area contributed by atoms with E-state index < -0.39 is 46.9 Å². The van der Waals surface area contributed by atoms with Crippen LogP contribution in [0.2, 0.25) is 0 Å². The number of aromatic nitrogens is 1. The van der Waals surface area contributed by atoms with Crippen molar-refractivity contribution in [1.29, 1.82) is 0 Å². The predicted molar refractivity (Wildman–Crippen MR) is 118 cm³/mol. The Balaban J connectivity index is 1.63. The number of carbonyl (C=O) groups is 3. The molecule has 1 atom stereocenters. The highest BCUT2D eigenvalue weighted by Crippen LogP contribution is 2.26. The topological polar surface area (TPSA) is 113 Å².